The van der Waals surface area contributed by atoms with Crippen LogP contribution in [0.1, 0.15) is 47.1 Å². The van der Waals surface area contributed by atoms with Gasteiger partial charge >= 0.3 is 5.97 Å². The second-order valence-electron chi connectivity index (χ2n) is 4.41. The lowest BCUT2D eigenvalue weighted by Crippen LogP contribution is -2.27. The first-order chi connectivity index (χ1) is 7.59. The highest BCUT2D eigenvalue weighted by Crippen LogP contribution is 2.22. The summed E-state index contributed by atoms with van der Waals surface area (Å²) in [6.45, 7) is 5.55. The van der Waals surface area contributed by atoms with Gasteiger partial charge in [0.25, 0.3) is 0 Å². The number of aromatic nitrogens is 1. The van der Waals surface area contributed by atoms with Crippen LogP contribution in [0, 0.1) is 0 Å². The summed E-state index contributed by atoms with van der Waals surface area (Å²) < 4.78 is 0. The van der Waals surface area contributed by atoms with E-state index in [9.17, 15) is 9.90 Å². The molecule has 1 aromatic rings. The monoisotopic (exact) mass is 220 g/mol. The number of rotatable bonds is 2. The van der Waals surface area contributed by atoms with Gasteiger partial charge in [-0.05, 0) is 30.5 Å². The van der Waals surface area contributed by atoms with Gasteiger partial charge in [-0.3, -0.25) is 4.98 Å². The third-order valence-electron chi connectivity index (χ3n) is 2.90. The van der Waals surface area contributed by atoms with Gasteiger partial charge in [-0.15, -0.1) is 0 Å². The highest BCUT2D eigenvalue weighted by atomic mass is 16.4. The van der Waals surface area contributed by atoms with E-state index < -0.39 is 5.97 Å². The number of fused-ring (bicyclic) bond motifs is 1. The molecular weight excluding hydrogens is 204 g/mol. The molecule has 0 unspecified atom stereocenters. The van der Waals surface area contributed by atoms with Gasteiger partial charge in [0.1, 0.15) is 0 Å². The molecule has 1 aliphatic heterocycles. The van der Waals surface area contributed by atoms with Crippen molar-refractivity contribution in [1.29, 1.82) is 0 Å². The average Bonchev–Trinajstić information content (AvgIpc) is 2.27. The topological polar surface area (TPSA) is 62.2 Å². The molecule has 0 radical (unpaired) electrons. The Labute approximate surface area is 94.7 Å². The van der Waals surface area contributed by atoms with Gasteiger partial charge in [-0.25, -0.2) is 4.79 Å². The van der Waals surface area contributed by atoms with E-state index in [4.69, 9.17) is 0 Å². The molecule has 1 aromatic heterocycles. The quantitative estimate of drug-likeness (QED) is 0.793. The van der Waals surface area contributed by atoms with Crippen molar-refractivity contribution in [2.75, 3.05) is 6.54 Å². The van der Waals surface area contributed by atoms with E-state index in [0.29, 0.717) is 12.1 Å². The summed E-state index contributed by atoms with van der Waals surface area (Å²) in [5.41, 5.74) is 3.08. The Kier molecular flexibility index (Phi) is 2.92. The minimum atomic E-state index is -0.845. The molecule has 0 amide bonds. The number of pyridine rings is 1. The molecular formula is C12H16N2O2. The zero-order valence-electron chi connectivity index (χ0n) is 9.58. The average molecular weight is 220 g/mol. The molecule has 4 heteroatoms. The smallest absolute Gasteiger partial charge is 0.336 e. The first-order valence-electron chi connectivity index (χ1n) is 5.56. The van der Waals surface area contributed by atoms with E-state index in [1.807, 2.05) is 13.8 Å². The van der Waals surface area contributed by atoms with Gasteiger partial charge in [0.15, 0.2) is 0 Å². The van der Waals surface area contributed by atoms with Crippen LogP contribution < -0.4 is 5.32 Å². The van der Waals surface area contributed by atoms with Gasteiger partial charge in [0.05, 0.1) is 11.3 Å². The predicted molar refractivity (Wildman–Crippen MR) is 60.7 cm³/mol. The van der Waals surface area contributed by atoms with Crippen molar-refractivity contribution >= 4 is 5.97 Å². The summed E-state index contributed by atoms with van der Waals surface area (Å²) in [4.78, 5) is 15.7. The molecule has 1 aliphatic rings. The van der Waals surface area contributed by atoms with Crippen molar-refractivity contribution in [3.05, 3.63) is 28.6 Å². The lowest BCUT2D eigenvalue weighted by atomic mass is 9.97. The van der Waals surface area contributed by atoms with Crippen LogP contribution in [0.4, 0.5) is 0 Å². The Morgan fingerprint density at radius 2 is 2.31 bits per heavy atom. The van der Waals surface area contributed by atoms with Crippen LogP contribution in [0.5, 0.6) is 0 Å². The minimum Gasteiger partial charge on any atom is -0.478 e. The molecule has 0 spiro atoms. The van der Waals surface area contributed by atoms with Crippen LogP contribution in [0.3, 0.4) is 0 Å². The van der Waals surface area contributed by atoms with E-state index in [1.54, 1.807) is 6.07 Å². The van der Waals surface area contributed by atoms with Gasteiger partial charge < -0.3 is 10.4 Å². The first-order valence-corrected chi connectivity index (χ1v) is 5.56. The molecule has 2 heterocycles. The Bertz CT molecular complexity index is 427. The fraction of sp³-hybridized carbons (Fsp3) is 0.500. The van der Waals surface area contributed by atoms with Crippen molar-refractivity contribution < 1.29 is 9.90 Å². The summed E-state index contributed by atoms with van der Waals surface area (Å²) in [5, 5.41) is 12.4. The van der Waals surface area contributed by atoms with Gasteiger partial charge in [-0.2, -0.15) is 0 Å². The number of carboxylic acids is 1. The van der Waals surface area contributed by atoms with Crippen molar-refractivity contribution in [1.82, 2.24) is 10.3 Å². The van der Waals surface area contributed by atoms with E-state index in [-0.39, 0.29) is 5.92 Å². The second kappa shape index (κ2) is 4.22. The van der Waals surface area contributed by atoms with E-state index in [2.05, 4.69) is 10.3 Å². The summed E-state index contributed by atoms with van der Waals surface area (Å²) in [7, 11) is 0. The fourth-order valence-electron chi connectivity index (χ4n) is 1.98. The number of carboxylic acid groups (broad SMARTS) is 1. The fourth-order valence-corrected chi connectivity index (χ4v) is 1.98. The van der Waals surface area contributed by atoms with E-state index in [1.165, 1.54) is 0 Å². The predicted octanol–water partition coefficient (Wildman–Crippen LogP) is 1.55. The number of aromatic carboxylic acids is 1. The van der Waals surface area contributed by atoms with Crippen LogP contribution in [0.15, 0.2) is 6.07 Å². The maximum absolute atomic E-state index is 11.2. The summed E-state index contributed by atoms with van der Waals surface area (Å²) in [6, 6.07) is 1.72. The molecule has 0 aromatic carbocycles. The Balaban J connectivity index is 2.56. The molecule has 0 aliphatic carbocycles. The summed E-state index contributed by atoms with van der Waals surface area (Å²) >= 11 is 0. The summed E-state index contributed by atoms with van der Waals surface area (Å²) in [6.07, 6.45) is 0.752. The molecule has 0 saturated carbocycles. The van der Waals surface area contributed by atoms with Crippen molar-refractivity contribution in [2.24, 2.45) is 0 Å². The Hall–Kier alpha value is -1.42. The lowest BCUT2D eigenvalue weighted by Gasteiger charge is -2.20. The van der Waals surface area contributed by atoms with Crippen LogP contribution in [-0.4, -0.2) is 22.6 Å². The number of hydrogen-bond donors (Lipinski definition) is 2. The van der Waals surface area contributed by atoms with Gasteiger partial charge in [0.2, 0.25) is 0 Å². The van der Waals surface area contributed by atoms with Crippen molar-refractivity contribution in [3.8, 4) is 0 Å². The largest absolute Gasteiger partial charge is 0.478 e. The third kappa shape index (κ3) is 1.93. The van der Waals surface area contributed by atoms with Gasteiger partial charge in [-0.1, -0.05) is 13.8 Å². The highest BCUT2D eigenvalue weighted by Gasteiger charge is 2.20. The van der Waals surface area contributed by atoms with Crippen molar-refractivity contribution in [3.63, 3.8) is 0 Å². The van der Waals surface area contributed by atoms with E-state index >= 15 is 0 Å². The zero-order chi connectivity index (χ0) is 11.7. The molecule has 0 atom stereocenters. The second-order valence-corrected chi connectivity index (χ2v) is 4.41. The molecule has 0 fully saturated rings. The number of nitrogens with zero attached hydrogens (tertiary/aromatic N) is 1. The number of nitrogens with one attached hydrogen (secondary N) is 1. The molecule has 2 N–H and O–H groups in total. The standard InChI is InChI=1S/C12H16N2O2/c1-7(2)10-5-9(12(15)16)8-3-4-13-6-11(8)14-10/h5,7,13H,3-4,6H2,1-2H3,(H,15,16). The maximum Gasteiger partial charge on any atom is 0.336 e. The van der Waals surface area contributed by atoms with Crippen LogP contribution in [0.25, 0.3) is 0 Å². The lowest BCUT2D eigenvalue weighted by molar-refractivity contribution is 0.0695. The highest BCUT2D eigenvalue weighted by molar-refractivity contribution is 5.89. The van der Waals surface area contributed by atoms with Crippen molar-refractivity contribution in [2.45, 2.75) is 32.7 Å². The molecule has 0 bridgehead atoms. The Morgan fingerprint density at radius 1 is 1.56 bits per heavy atom. The first kappa shape index (κ1) is 11.1. The Morgan fingerprint density at radius 3 is 2.94 bits per heavy atom. The van der Waals surface area contributed by atoms with E-state index in [0.717, 1.165) is 29.9 Å². The maximum atomic E-state index is 11.2. The zero-order valence-corrected chi connectivity index (χ0v) is 9.58. The van der Waals surface area contributed by atoms with Gasteiger partial charge in [0, 0.05) is 12.2 Å². The number of carbonyl (C=O) groups is 1. The molecule has 4 nitrogen and oxygen atoms in total. The number of hydrogen-bond acceptors (Lipinski definition) is 3. The third-order valence-corrected chi connectivity index (χ3v) is 2.90. The minimum absolute atomic E-state index is 0.255. The SMILES string of the molecule is CC(C)c1cc(C(=O)O)c2c(n1)CNCC2. The molecule has 16 heavy (non-hydrogen) atoms. The molecule has 2 rings (SSSR count). The molecule has 0 saturated heterocycles. The molecule has 86 valence electrons. The normalized spacial score (nSPS) is 14.9. The van der Waals surface area contributed by atoms with Crippen LogP contribution in [-0.2, 0) is 13.0 Å². The van der Waals surface area contributed by atoms with Crippen LogP contribution in [0.2, 0.25) is 0 Å². The summed E-state index contributed by atoms with van der Waals surface area (Å²) in [5.74, 6) is -0.590. The van der Waals surface area contributed by atoms with Crippen LogP contribution >= 0.6 is 0 Å².